The van der Waals surface area contributed by atoms with Crippen molar-refractivity contribution in [3.8, 4) is 0 Å². The van der Waals surface area contributed by atoms with Crippen molar-refractivity contribution in [3.05, 3.63) is 35.9 Å². The smallest absolute Gasteiger partial charge is 0.223 e. The minimum Gasteiger partial charge on any atom is -0.352 e. The lowest BCUT2D eigenvalue weighted by Gasteiger charge is -2.34. The SMILES string of the molecule is NC[C@H]1CCC[C@H]1C(=O)NC1CCCN(Cc2ccccc2)C1. The van der Waals surface area contributed by atoms with Gasteiger partial charge in [-0.15, -0.1) is 0 Å². The zero-order valence-electron chi connectivity index (χ0n) is 13.9. The zero-order valence-corrected chi connectivity index (χ0v) is 13.9. The minimum atomic E-state index is 0.143. The number of benzene rings is 1. The second-order valence-corrected chi connectivity index (χ2v) is 7.10. The van der Waals surface area contributed by atoms with Crippen molar-refractivity contribution >= 4 is 5.91 Å². The lowest BCUT2D eigenvalue weighted by Crippen LogP contribution is -2.49. The summed E-state index contributed by atoms with van der Waals surface area (Å²) >= 11 is 0. The van der Waals surface area contributed by atoms with Gasteiger partial charge in [0.05, 0.1) is 0 Å². The van der Waals surface area contributed by atoms with Crippen molar-refractivity contribution in [2.24, 2.45) is 17.6 Å². The van der Waals surface area contributed by atoms with Gasteiger partial charge in [-0.25, -0.2) is 0 Å². The highest BCUT2D eigenvalue weighted by molar-refractivity contribution is 5.79. The van der Waals surface area contributed by atoms with Crippen LogP contribution in [0, 0.1) is 11.8 Å². The van der Waals surface area contributed by atoms with Crippen LogP contribution in [0.1, 0.15) is 37.7 Å². The molecule has 1 saturated heterocycles. The molecule has 2 fully saturated rings. The summed E-state index contributed by atoms with van der Waals surface area (Å²) in [5.41, 5.74) is 7.16. The number of carbonyl (C=O) groups is 1. The van der Waals surface area contributed by atoms with Gasteiger partial charge < -0.3 is 11.1 Å². The number of hydrogen-bond acceptors (Lipinski definition) is 3. The van der Waals surface area contributed by atoms with Gasteiger partial charge in [-0.2, -0.15) is 0 Å². The molecule has 23 heavy (non-hydrogen) atoms. The number of amides is 1. The van der Waals surface area contributed by atoms with Crippen LogP contribution in [0.5, 0.6) is 0 Å². The minimum absolute atomic E-state index is 0.143. The van der Waals surface area contributed by atoms with Gasteiger partial charge >= 0.3 is 0 Å². The highest BCUT2D eigenvalue weighted by atomic mass is 16.2. The van der Waals surface area contributed by atoms with Crippen LogP contribution in [0.4, 0.5) is 0 Å². The quantitative estimate of drug-likeness (QED) is 0.875. The number of rotatable bonds is 5. The Labute approximate surface area is 139 Å². The lowest BCUT2D eigenvalue weighted by molar-refractivity contribution is -0.127. The number of nitrogens with two attached hydrogens (primary N) is 1. The van der Waals surface area contributed by atoms with Gasteiger partial charge in [-0.05, 0) is 50.3 Å². The van der Waals surface area contributed by atoms with E-state index in [1.54, 1.807) is 0 Å². The molecule has 1 aromatic carbocycles. The molecule has 1 amide bonds. The summed E-state index contributed by atoms with van der Waals surface area (Å²) in [6.07, 6.45) is 5.51. The van der Waals surface area contributed by atoms with Gasteiger partial charge in [-0.3, -0.25) is 9.69 Å². The Morgan fingerprint density at radius 3 is 2.78 bits per heavy atom. The summed E-state index contributed by atoms with van der Waals surface area (Å²) in [6.45, 7) is 3.70. The van der Waals surface area contributed by atoms with E-state index < -0.39 is 0 Å². The molecule has 2 aliphatic rings. The molecule has 4 heteroatoms. The van der Waals surface area contributed by atoms with Gasteiger partial charge in [0.25, 0.3) is 0 Å². The van der Waals surface area contributed by atoms with E-state index in [1.165, 1.54) is 5.56 Å². The van der Waals surface area contributed by atoms with Crippen LogP contribution in [0.25, 0.3) is 0 Å². The largest absolute Gasteiger partial charge is 0.352 e. The summed E-state index contributed by atoms with van der Waals surface area (Å²) in [4.78, 5) is 15.0. The van der Waals surface area contributed by atoms with Crippen LogP contribution in [0.3, 0.4) is 0 Å². The number of hydrogen-bond donors (Lipinski definition) is 2. The first kappa shape index (κ1) is 16.5. The fourth-order valence-corrected chi connectivity index (χ4v) is 4.13. The Bertz CT molecular complexity index is 505. The number of carbonyl (C=O) groups excluding carboxylic acids is 1. The maximum Gasteiger partial charge on any atom is 0.223 e. The third-order valence-corrected chi connectivity index (χ3v) is 5.40. The Balaban J connectivity index is 1.51. The highest BCUT2D eigenvalue weighted by Crippen LogP contribution is 2.31. The number of nitrogens with zero attached hydrogens (tertiary/aromatic N) is 1. The Kier molecular flexibility index (Phi) is 5.68. The van der Waals surface area contributed by atoms with E-state index in [2.05, 4.69) is 40.5 Å². The van der Waals surface area contributed by atoms with Crippen LogP contribution in [-0.2, 0) is 11.3 Å². The molecule has 0 radical (unpaired) electrons. The van der Waals surface area contributed by atoms with Crippen molar-refractivity contribution in [2.75, 3.05) is 19.6 Å². The number of piperidine rings is 1. The van der Waals surface area contributed by atoms with Crippen molar-refractivity contribution < 1.29 is 4.79 Å². The summed E-state index contributed by atoms with van der Waals surface area (Å²) in [5.74, 6) is 0.771. The van der Waals surface area contributed by atoms with Crippen molar-refractivity contribution in [3.63, 3.8) is 0 Å². The molecule has 3 rings (SSSR count). The van der Waals surface area contributed by atoms with E-state index in [1.807, 2.05) is 0 Å². The first-order valence-electron chi connectivity index (χ1n) is 9.03. The molecule has 1 unspecified atom stereocenters. The molecule has 0 spiro atoms. The molecule has 4 nitrogen and oxygen atoms in total. The molecule has 3 atom stereocenters. The summed E-state index contributed by atoms with van der Waals surface area (Å²) < 4.78 is 0. The van der Waals surface area contributed by atoms with Crippen LogP contribution in [0.15, 0.2) is 30.3 Å². The molecule has 0 aromatic heterocycles. The topological polar surface area (TPSA) is 58.4 Å². The second-order valence-electron chi connectivity index (χ2n) is 7.10. The van der Waals surface area contributed by atoms with Gasteiger partial charge in [0.2, 0.25) is 5.91 Å². The van der Waals surface area contributed by atoms with E-state index in [9.17, 15) is 4.79 Å². The standard InChI is InChI=1S/C19H29N3O/c20-12-16-8-4-10-18(16)19(23)21-17-9-5-11-22(14-17)13-15-6-2-1-3-7-15/h1-3,6-7,16-18H,4-5,8-14,20H2,(H,21,23)/t16-,17?,18-/m1/s1. The first-order chi connectivity index (χ1) is 11.3. The number of likely N-dealkylation sites (tertiary alicyclic amines) is 1. The molecule has 1 saturated carbocycles. The van der Waals surface area contributed by atoms with E-state index in [4.69, 9.17) is 5.73 Å². The fourth-order valence-electron chi connectivity index (χ4n) is 4.13. The zero-order chi connectivity index (χ0) is 16.1. The molecular weight excluding hydrogens is 286 g/mol. The third kappa shape index (κ3) is 4.33. The Morgan fingerprint density at radius 2 is 2.00 bits per heavy atom. The maximum atomic E-state index is 12.6. The van der Waals surface area contributed by atoms with Gasteiger partial charge in [0.15, 0.2) is 0 Å². The van der Waals surface area contributed by atoms with Crippen LogP contribution in [0.2, 0.25) is 0 Å². The lowest BCUT2D eigenvalue weighted by atomic mass is 9.94. The second kappa shape index (κ2) is 7.93. The van der Waals surface area contributed by atoms with Gasteiger partial charge in [0, 0.05) is 25.0 Å². The van der Waals surface area contributed by atoms with E-state index in [-0.39, 0.29) is 11.8 Å². The average Bonchev–Trinajstić information content (AvgIpc) is 3.05. The van der Waals surface area contributed by atoms with Gasteiger partial charge in [-0.1, -0.05) is 36.8 Å². The maximum absolute atomic E-state index is 12.6. The number of nitrogens with one attached hydrogen (secondary N) is 1. The predicted octanol–water partition coefficient (Wildman–Crippen LogP) is 2.14. The first-order valence-corrected chi connectivity index (χ1v) is 9.03. The van der Waals surface area contributed by atoms with Gasteiger partial charge in [0.1, 0.15) is 0 Å². The normalized spacial score (nSPS) is 28.7. The molecule has 1 heterocycles. The third-order valence-electron chi connectivity index (χ3n) is 5.40. The predicted molar refractivity (Wildman–Crippen MR) is 92.8 cm³/mol. The summed E-state index contributed by atoms with van der Waals surface area (Å²) in [7, 11) is 0. The Hall–Kier alpha value is -1.39. The molecule has 3 N–H and O–H groups in total. The van der Waals surface area contributed by atoms with Crippen molar-refractivity contribution in [1.29, 1.82) is 0 Å². The summed E-state index contributed by atoms with van der Waals surface area (Å²) in [6, 6.07) is 10.9. The monoisotopic (exact) mass is 315 g/mol. The van der Waals surface area contributed by atoms with E-state index >= 15 is 0 Å². The molecule has 1 aromatic rings. The fraction of sp³-hybridized carbons (Fsp3) is 0.632. The van der Waals surface area contributed by atoms with Crippen LogP contribution in [-0.4, -0.2) is 36.5 Å². The van der Waals surface area contributed by atoms with E-state index in [0.29, 0.717) is 18.5 Å². The molecular formula is C19H29N3O. The molecule has 126 valence electrons. The Morgan fingerprint density at radius 1 is 1.17 bits per heavy atom. The van der Waals surface area contributed by atoms with Crippen LogP contribution >= 0.6 is 0 Å². The van der Waals surface area contributed by atoms with Crippen molar-refractivity contribution in [1.82, 2.24) is 10.2 Å². The average molecular weight is 315 g/mol. The molecule has 0 bridgehead atoms. The van der Waals surface area contributed by atoms with E-state index in [0.717, 1.165) is 51.7 Å². The summed E-state index contributed by atoms with van der Waals surface area (Å²) in [5, 5.41) is 3.30. The molecule has 1 aliphatic carbocycles. The van der Waals surface area contributed by atoms with Crippen molar-refractivity contribution in [2.45, 2.75) is 44.7 Å². The molecule has 1 aliphatic heterocycles. The van der Waals surface area contributed by atoms with Crippen LogP contribution < -0.4 is 11.1 Å². The highest BCUT2D eigenvalue weighted by Gasteiger charge is 2.33.